The third-order valence-electron chi connectivity index (χ3n) is 2.44. The number of methoxy groups -OCH3 is 1. The molecular formula is C14H23N3O. The molecule has 0 spiro atoms. The Labute approximate surface area is 109 Å². The van der Waals surface area contributed by atoms with Crippen LogP contribution in [-0.2, 0) is 6.54 Å². The minimum absolute atomic E-state index is 0.649. The molecular weight excluding hydrogens is 226 g/mol. The number of benzene rings is 1. The van der Waals surface area contributed by atoms with Crippen LogP contribution in [0.3, 0.4) is 0 Å². The van der Waals surface area contributed by atoms with Crippen LogP contribution < -0.4 is 15.4 Å². The van der Waals surface area contributed by atoms with Crippen molar-refractivity contribution in [2.75, 3.05) is 20.2 Å². The summed E-state index contributed by atoms with van der Waals surface area (Å²) in [5, 5.41) is 6.50. The largest absolute Gasteiger partial charge is 0.497 e. The molecule has 18 heavy (non-hydrogen) atoms. The van der Waals surface area contributed by atoms with Crippen molar-refractivity contribution in [3.63, 3.8) is 0 Å². The highest BCUT2D eigenvalue weighted by Gasteiger charge is 1.97. The van der Waals surface area contributed by atoms with E-state index >= 15 is 0 Å². The second-order valence-corrected chi connectivity index (χ2v) is 3.97. The van der Waals surface area contributed by atoms with E-state index in [1.807, 2.05) is 18.2 Å². The van der Waals surface area contributed by atoms with Gasteiger partial charge in [-0.3, -0.25) is 0 Å². The number of rotatable bonds is 6. The zero-order valence-corrected chi connectivity index (χ0v) is 11.5. The van der Waals surface area contributed by atoms with E-state index in [1.54, 1.807) is 7.11 Å². The third kappa shape index (κ3) is 5.08. The first-order valence-corrected chi connectivity index (χ1v) is 6.45. The number of aliphatic imine (C=N–C) groups is 1. The van der Waals surface area contributed by atoms with Crippen molar-refractivity contribution in [3.8, 4) is 5.75 Å². The molecule has 0 aliphatic heterocycles. The summed E-state index contributed by atoms with van der Waals surface area (Å²) in [5.74, 6) is 1.73. The summed E-state index contributed by atoms with van der Waals surface area (Å²) < 4.78 is 5.19. The van der Waals surface area contributed by atoms with Gasteiger partial charge in [0.25, 0.3) is 0 Å². The van der Waals surface area contributed by atoms with Crippen molar-refractivity contribution >= 4 is 5.96 Å². The summed E-state index contributed by atoms with van der Waals surface area (Å²) in [6, 6.07) is 7.98. The fraction of sp³-hybridized carbons (Fsp3) is 0.500. The maximum Gasteiger partial charge on any atom is 0.191 e. The second-order valence-electron chi connectivity index (χ2n) is 3.97. The standard InChI is InChI=1S/C14H23N3O/c1-4-9-16-14(15-5-2)17-11-12-7-6-8-13(10-12)18-3/h6-8,10H,4-5,9,11H2,1-3H3,(H2,15,16,17). The van der Waals surface area contributed by atoms with Crippen LogP contribution in [-0.4, -0.2) is 26.2 Å². The summed E-state index contributed by atoms with van der Waals surface area (Å²) >= 11 is 0. The highest BCUT2D eigenvalue weighted by atomic mass is 16.5. The molecule has 0 unspecified atom stereocenters. The highest BCUT2D eigenvalue weighted by Crippen LogP contribution is 2.12. The number of ether oxygens (including phenoxy) is 1. The summed E-state index contributed by atoms with van der Waals surface area (Å²) in [4.78, 5) is 4.54. The van der Waals surface area contributed by atoms with Crippen molar-refractivity contribution in [2.45, 2.75) is 26.8 Å². The van der Waals surface area contributed by atoms with E-state index in [0.29, 0.717) is 6.54 Å². The average Bonchev–Trinajstić information content (AvgIpc) is 2.42. The lowest BCUT2D eigenvalue weighted by atomic mass is 10.2. The van der Waals surface area contributed by atoms with Crippen molar-refractivity contribution in [1.82, 2.24) is 10.6 Å². The number of nitrogens with one attached hydrogen (secondary N) is 2. The predicted molar refractivity (Wildman–Crippen MR) is 76.1 cm³/mol. The molecule has 0 fully saturated rings. The van der Waals surface area contributed by atoms with Gasteiger partial charge in [0.1, 0.15) is 5.75 Å². The molecule has 4 nitrogen and oxygen atoms in total. The number of hydrogen-bond donors (Lipinski definition) is 2. The second kappa shape index (κ2) is 8.39. The Morgan fingerprint density at radius 2 is 2.11 bits per heavy atom. The first-order chi connectivity index (χ1) is 8.80. The molecule has 0 bridgehead atoms. The van der Waals surface area contributed by atoms with E-state index in [9.17, 15) is 0 Å². The highest BCUT2D eigenvalue weighted by molar-refractivity contribution is 5.79. The average molecular weight is 249 g/mol. The van der Waals surface area contributed by atoms with E-state index in [0.717, 1.165) is 36.8 Å². The SMILES string of the molecule is CCCNC(=NCc1cccc(OC)c1)NCC. The van der Waals surface area contributed by atoms with Gasteiger partial charge in [-0.15, -0.1) is 0 Å². The van der Waals surface area contributed by atoms with E-state index < -0.39 is 0 Å². The van der Waals surface area contributed by atoms with E-state index in [-0.39, 0.29) is 0 Å². The minimum Gasteiger partial charge on any atom is -0.497 e. The minimum atomic E-state index is 0.649. The molecule has 0 saturated heterocycles. The lowest BCUT2D eigenvalue weighted by Crippen LogP contribution is -2.37. The molecule has 0 saturated carbocycles. The van der Waals surface area contributed by atoms with Crippen molar-refractivity contribution in [2.24, 2.45) is 4.99 Å². The first-order valence-electron chi connectivity index (χ1n) is 6.45. The molecule has 0 amide bonds. The van der Waals surface area contributed by atoms with Gasteiger partial charge in [-0.2, -0.15) is 0 Å². The van der Waals surface area contributed by atoms with E-state index in [4.69, 9.17) is 4.74 Å². The number of hydrogen-bond acceptors (Lipinski definition) is 2. The molecule has 1 aromatic carbocycles. The van der Waals surface area contributed by atoms with E-state index in [2.05, 4.69) is 35.5 Å². The third-order valence-corrected chi connectivity index (χ3v) is 2.44. The molecule has 0 aromatic heterocycles. The molecule has 0 atom stereocenters. The molecule has 1 rings (SSSR count). The van der Waals surface area contributed by atoms with Crippen LogP contribution in [0.2, 0.25) is 0 Å². The van der Waals surface area contributed by atoms with Gasteiger partial charge >= 0.3 is 0 Å². The predicted octanol–water partition coefficient (Wildman–Crippen LogP) is 2.16. The molecule has 0 heterocycles. The van der Waals surface area contributed by atoms with Crippen LogP contribution >= 0.6 is 0 Å². The molecule has 1 aromatic rings. The smallest absolute Gasteiger partial charge is 0.191 e. The van der Waals surface area contributed by atoms with Gasteiger partial charge < -0.3 is 15.4 Å². The van der Waals surface area contributed by atoms with Gasteiger partial charge in [-0.25, -0.2) is 4.99 Å². The van der Waals surface area contributed by atoms with Crippen LogP contribution in [0.4, 0.5) is 0 Å². The Hall–Kier alpha value is -1.71. The van der Waals surface area contributed by atoms with Gasteiger partial charge in [0, 0.05) is 13.1 Å². The zero-order valence-electron chi connectivity index (χ0n) is 11.5. The topological polar surface area (TPSA) is 45.7 Å². The summed E-state index contributed by atoms with van der Waals surface area (Å²) in [6.07, 6.45) is 1.09. The van der Waals surface area contributed by atoms with Crippen LogP contribution in [0.1, 0.15) is 25.8 Å². The molecule has 0 aliphatic rings. The normalized spacial score (nSPS) is 11.2. The quantitative estimate of drug-likeness (QED) is 0.600. The Kier molecular flexibility index (Phi) is 6.69. The van der Waals surface area contributed by atoms with Crippen LogP contribution in [0.25, 0.3) is 0 Å². The summed E-state index contributed by atoms with van der Waals surface area (Å²) in [6.45, 7) is 6.65. The number of nitrogens with zero attached hydrogens (tertiary/aromatic N) is 1. The molecule has 100 valence electrons. The Bertz CT molecular complexity index is 377. The Morgan fingerprint density at radius 3 is 2.78 bits per heavy atom. The molecule has 0 aliphatic carbocycles. The number of guanidine groups is 1. The fourth-order valence-corrected chi connectivity index (χ4v) is 1.53. The van der Waals surface area contributed by atoms with Gasteiger partial charge in [0.05, 0.1) is 13.7 Å². The van der Waals surface area contributed by atoms with E-state index in [1.165, 1.54) is 0 Å². The molecule has 2 N–H and O–H groups in total. The lowest BCUT2D eigenvalue weighted by Gasteiger charge is -2.10. The van der Waals surface area contributed by atoms with Crippen molar-refractivity contribution in [1.29, 1.82) is 0 Å². The monoisotopic (exact) mass is 249 g/mol. The van der Waals surface area contributed by atoms with Gasteiger partial charge in [0.15, 0.2) is 5.96 Å². The Morgan fingerprint density at radius 1 is 1.28 bits per heavy atom. The van der Waals surface area contributed by atoms with Gasteiger partial charge in [-0.05, 0) is 31.0 Å². The maximum atomic E-state index is 5.19. The summed E-state index contributed by atoms with van der Waals surface area (Å²) in [5.41, 5.74) is 1.14. The first kappa shape index (κ1) is 14.4. The Balaban J connectivity index is 2.61. The summed E-state index contributed by atoms with van der Waals surface area (Å²) in [7, 11) is 1.68. The molecule has 0 radical (unpaired) electrons. The van der Waals surface area contributed by atoms with Crippen LogP contribution in [0.15, 0.2) is 29.3 Å². The van der Waals surface area contributed by atoms with Crippen LogP contribution in [0, 0.1) is 0 Å². The van der Waals surface area contributed by atoms with Crippen molar-refractivity contribution < 1.29 is 4.74 Å². The fourth-order valence-electron chi connectivity index (χ4n) is 1.53. The van der Waals surface area contributed by atoms with Crippen molar-refractivity contribution in [3.05, 3.63) is 29.8 Å². The van der Waals surface area contributed by atoms with Gasteiger partial charge in [0.2, 0.25) is 0 Å². The van der Waals surface area contributed by atoms with Gasteiger partial charge in [-0.1, -0.05) is 19.1 Å². The molecule has 4 heteroatoms. The maximum absolute atomic E-state index is 5.19. The van der Waals surface area contributed by atoms with Crippen LogP contribution in [0.5, 0.6) is 5.75 Å². The zero-order chi connectivity index (χ0) is 13.2. The lowest BCUT2D eigenvalue weighted by molar-refractivity contribution is 0.414.